The first kappa shape index (κ1) is 9.33. The molecule has 0 bridgehead atoms. The topological polar surface area (TPSA) is 20.2 Å². The van der Waals surface area contributed by atoms with Crippen molar-refractivity contribution < 1.29 is 5.11 Å². The molecule has 0 aliphatic heterocycles. The van der Waals surface area contributed by atoms with Gasteiger partial charge in [0.25, 0.3) is 0 Å². The monoisotopic (exact) mass is 325 g/mol. The summed E-state index contributed by atoms with van der Waals surface area (Å²) in [6.45, 7) is 3.31. The van der Waals surface area contributed by atoms with Crippen molar-refractivity contribution in [3.05, 3.63) is 12.7 Å². The summed E-state index contributed by atoms with van der Waals surface area (Å²) in [5, 5.41) is 7.76. The Labute approximate surface area is 25.6 Å². The zero-order valence-electron chi connectivity index (χ0n) is 3.15. The second kappa shape index (κ2) is 15.9. The van der Waals surface area contributed by atoms with Gasteiger partial charge >= 0.3 is 0 Å². The number of aliphatic hydroxyl groups is 1. The van der Waals surface area contributed by atoms with Gasteiger partial charge in [-0.2, -0.15) is 0 Å². The van der Waals surface area contributed by atoms with Gasteiger partial charge in [-0.25, -0.2) is 0 Å². The number of aliphatic hydroxyl groups excluding tert-OH is 1. The smallest absolute Gasteiger partial charge is 0.0609 e. The van der Waals surface area contributed by atoms with Gasteiger partial charge in [-0.05, 0) is 0 Å². The second-order valence-electron chi connectivity index (χ2n) is 0.471. The molecule has 0 aromatic carbocycles. The number of hydrogen-bond donors (Lipinski definition) is 1. The molecular formula is C3H6ORf. The molecule has 0 fully saturated rings. The van der Waals surface area contributed by atoms with Gasteiger partial charge in [0, 0.05) is 0 Å². The van der Waals surface area contributed by atoms with Crippen molar-refractivity contribution in [1.29, 1.82) is 0 Å². The Morgan fingerprint density at radius 3 is 2.00 bits per heavy atom. The second-order valence-corrected chi connectivity index (χ2v) is 0.471. The molecule has 0 atom stereocenters. The SMILES string of the molecule is C=CCO.[Rf]. The van der Waals surface area contributed by atoms with Crippen LogP contribution in [0.2, 0.25) is 0 Å². The molecule has 0 heterocycles. The zero-order valence-corrected chi connectivity index (χ0v) is 9.55. The number of hydrogen-bond acceptors (Lipinski definition) is 1. The average Bonchev–Trinajstić information content (AvgIpc) is 1.37. The van der Waals surface area contributed by atoms with Crippen LogP contribution in [0.15, 0.2) is 12.7 Å². The van der Waals surface area contributed by atoms with Gasteiger partial charge in [-0.15, -0.1) is 6.58 Å². The van der Waals surface area contributed by atoms with Crippen molar-refractivity contribution in [2.45, 2.75) is 0 Å². The van der Waals surface area contributed by atoms with Crippen LogP contribution in [0.1, 0.15) is 0 Å². The predicted molar refractivity (Wildman–Crippen MR) is 17.3 cm³/mol. The summed E-state index contributed by atoms with van der Waals surface area (Å²) in [4.78, 5) is 0. The van der Waals surface area contributed by atoms with Crippen molar-refractivity contribution in [3.8, 4) is 0 Å². The molecule has 0 amide bonds. The fourth-order valence-corrected chi connectivity index (χ4v) is 0. The van der Waals surface area contributed by atoms with Gasteiger partial charge in [0.1, 0.15) is 0 Å². The van der Waals surface area contributed by atoms with Gasteiger partial charge in [0.15, 0.2) is 0 Å². The summed E-state index contributed by atoms with van der Waals surface area (Å²) < 4.78 is 0. The van der Waals surface area contributed by atoms with E-state index in [0.717, 1.165) is 0 Å². The zero-order chi connectivity index (χ0) is 3.41. The van der Waals surface area contributed by atoms with E-state index in [1.54, 1.807) is 0 Å². The van der Waals surface area contributed by atoms with Crippen LogP contribution in [0.4, 0.5) is 0 Å². The maximum Gasteiger partial charge on any atom is 0.0609 e. The van der Waals surface area contributed by atoms with Crippen LogP contribution in [0, 0.1) is 0 Å². The van der Waals surface area contributed by atoms with Crippen molar-refractivity contribution in [2.75, 3.05) is 6.61 Å². The Balaban J connectivity index is 0. The quantitative estimate of drug-likeness (QED) is 0.682. The number of rotatable bonds is 1. The molecule has 0 rings (SSSR count). The van der Waals surface area contributed by atoms with Gasteiger partial charge < -0.3 is 5.11 Å². The van der Waals surface area contributed by atoms with E-state index in [1.165, 1.54) is 6.08 Å². The van der Waals surface area contributed by atoms with Gasteiger partial charge in [-0.3, -0.25) is 0 Å². The van der Waals surface area contributed by atoms with E-state index in [2.05, 4.69) is 6.58 Å². The Morgan fingerprint density at radius 1 is 1.80 bits per heavy atom. The fraction of sp³-hybridized carbons (Fsp3) is 0.333. The average molecular weight is 325 g/mol. The first-order valence-electron chi connectivity index (χ1n) is 1.13. The van der Waals surface area contributed by atoms with Crippen LogP contribution < -0.4 is 0 Å². The van der Waals surface area contributed by atoms with E-state index >= 15 is 0 Å². The summed E-state index contributed by atoms with van der Waals surface area (Å²) in [5.74, 6) is 0. The van der Waals surface area contributed by atoms with Crippen LogP contribution in [0.3, 0.4) is 0 Å². The normalized spacial score (nSPS) is 5.00. The molecule has 0 unspecified atom stereocenters. The third-order valence-corrected chi connectivity index (χ3v) is 0.129. The molecular weight excluding hydrogens is 319 g/mol. The van der Waals surface area contributed by atoms with E-state index in [1.807, 2.05) is 0 Å². The van der Waals surface area contributed by atoms with Crippen molar-refractivity contribution >= 4 is 0 Å². The third-order valence-electron chi connectivity index (χ3n) is 0.129. The van der Waals surface area contributed by atoms with Crippen LogP contribution in [0.25, 0.3) is 0 Å². The van der Waals surface area contributed by atoms with Crippen LogP contribution in [0.5, 0.6) is 0 Å². The Bertz CT molecular complexity index is 20.9. The summed E-state index contributed by atoms with van der Waals surface area (Å²) >= 11 is 0. The summed E-state index contributed by atoms with van der Waals surface area (Å²) in [5.41, 5.74) is 0. The van der Waals surface area contributed by atoms with Crippen LogP contribution >= 0.6 is 0 Å². The molecule has 1 N–H and O–H groups in total. The first-order valence-corrected chi connectivity index (χ1v) is 1.13. The Hall–Kier alpha value is -1.30. The molecule has 5 heavy (non-hydrogen) atoms. The Morgan fingerprint density at radius 2 is 2.00 bits per heavy atom. The molecule has 0 saturated heterocycles. The molecule has 0 spiro atoms. The van der Waals surface area contributed by atoms with Crippen molar-refractivity contribution in [3.63, 3.8) is 0 Å². The summed E-state index contributed by atoms with van der Waals surface area (Å²) in [6.07, 6.45) is 1.43. The van der Waals surface area contributed by atoms with E-state index < -0.39 is 0 Å². The molecule has 0 aliphatic carbocycles. The maximum absolute atomic E-state index is 7.76. The molecule has 2 heteroatoms. The summed E-state index contributed by atoms with van der Waals surface area (Å²) in [7, 11) is 0. The minimum absolute atomic E-state index is 0. The van der Waals surface area contributed by atoms with E-state index in [4.69, 9.17) is 5.11 Å². The van der Waals surface area contributed by atoms with Crippen LogP contribution in [-0.4, -0.2) is 11.7 Å². The fourth-order valence-electron chi connectivity index (χ4n) is 0. The van der Waals surface area contributed by atoms with Crippen molar-refractivity contribution in [2.24, 2.45) is 0 Å². The predicted octanol–water partition coefficient (Wildman–Crippen LogP) is 0.165. The van der Waals surface area contributed by atoms with E-state index in [0.29, 0.717) is 0 Å². The first-order chi connectivity index (χ1) is 1.91. The minimum Gasteiger partial charge on any atom is -0.392 e. The molecule has 0 saturated carbocycles. The minimum atomic E-state index is 0. The van der Waals surface area contributed by atoms with Crippen molar-refractivity contribution in [1.82, 2.24) is 0 Å². The summed E-state index contributed by atoms with van der Waals surface area (Å²) in [6, 6.07) is 0. The molecule has 0 aromatic rings. The van der Waals surface area contributed by atoms with Gasteiger partial charge in [0.05, 0.1) is 6.61 Å². The molecule has 1 nitrogen and oxygen atoms in total. The molecule has 0 radical (unpaired) electrons. The van der Waals surface area contributed by atoms with Gasteiger partial charge in [-0.1, -0.05) is 6.08 Å². The van der Waals surface area contributed by atoms with E-state index in [-0.39, 0.29) is 6.61 Å². The molecule has 0 aromatic heterocycles. The largest absolute Gasteiger partial charge is 0.392 e. The Kier molecular flexibility index (Phi) is 29.7. The van der Waals surface area contributed by atoms with E-state index in [9.17, 15) is 0 Å². The maximum atomic E-state index is 7.76. The third kappa shape index (κ3) is 14.7. The van der Waals surface area contributed by atoms with Crippen LogP contribution in [-0.2, 0) is 0 Å². The molecule has 0 aliphatic rings. The standard InChI is InChI=1S/C3H6O.Rf/c1-2-3-4;/h2,4H,1,3H2;. The molecule has 26 valence electrons. The van der Waals surface area contributed by atoms with Gasteiger partial charge in [0.2, 0.25) is 0 Å².